The molecule has 1 aromatic rings. The Bertz CT molecular complexity index is 569. The number of fused-ring (bicyclic) bond motifs is 1. The predicted molar refractivity (Wildman–Crippen MR) is 89.7 cm³/mol. The lowest BCUT2D eigenvalue weighted by molar-refractivity contribution is -0.167. The molecule has 0 heterocycles. The Morgan fingerprint density at radius 2 is 2.00 bits per heavy atom. The number of aliphatic carboxylic acids is 1. The van der Waals surface area contributed by atoms with E-state index in [9.17, 15) is 14.7 Å². The molecular formula is C19H26O5. The first-order chi connectivity index (χ1) is 11.6. The van der Waals surface area contributed by atoms with E-state index in [4.69, 9.17) is 9.47 Å². The second-order valence-electron chi connectivity index (χ2n) is 6.37. The van der Waals surface area contributed by atoms with E-state index < -0.39 is 24.0 Å². The van der Waals surface area contributed by atoms with Gasteiger partial charge in [-0.3, -0.25) is 4.79 Å². The van der Waals surface area contributed by atoms with E-state index in [1.54, 1.807) is 0 Å². The number of methoxy groups -OCH3 is 1. The third-order valence-corrected chi connectivity index (χ3v) is 4.65. The molecule has 132 valence electrons. The summed E-state index contributed by atoms with van der Waals surface area (Å²) >= 11 is 0. The van der Waals surface area contributed by atoms with Crippen molar-refractivity contribution in [3.05, 3.63) is 35.4 Å². The van der Waals surface area contributed by atoms with E-state index >= 15 is 0 Å². The van der Waals surface area contributed by atoms with E-state index in [-0.39, 0.29) is 5.92 Å². The highest BCUT2D eigenvalue weighted by Crippen LogP contribution is 2.31. The number of rotatable bonds is 8. The lowest BCUT2D eigenvalue weighted by Gasteiger charge is -2.29. The lowest BCUT2D eigenvalue weighted by atomic mass is 9.78. The zero-order chi connectivity index (χ0) is 17.5. The molecule has 1 aromatic carbocycles. The van der Waals surface area contributed by atoms with Gasteiger partial charge in [-0.25, -0.2) is 4.79 Å². The molecule has 5 heteroatoms. The fourth-order valence-corrected chi connectivity index (χ4v) is 3.40. The van der Waals surface area contributed by atoms with E-state index in [1.165, 1.54) is 18.2 Å². The van der Waals surface area contributed by atoms with Crippen molar-refractivity contribution in [2.45, 2.75) is 45.1 Å². The number of carbonyl (C=O) groups is 2. The Balaban J connectivity index is 2.10. The molecule has 0 radical (unpaired) electrons. The van der Waals surface area contributed by atoms with Crippen LogP contribution in [0.15, 0.2) is 24.3 Å². The van der Waals surface area contributed by atoms with Gasteiger partial charge < -0.3 is 14.6 Å². The van der Waals surface area contributed by atoms with Gasteiger partial charge in [0.25, 0.3) is 0 Å². The summed E-state index contributed by atoms with van der Waals surface area (Å²) < 4.78 is 10.3. The number of benzene rings is 1. The summed E-state index contributed by atoms with van der Waals surface area (Å²) in [6.45, 7) is 2.26. The highest BCUT2D eigenvalue weighted by molar-refractivity contribution is 5.83. The van der Waals surface area contributed by atoms with Crippen LogP contribution < -0.4 is 0 Å². The van der Waals surface area contributed by atoms with Crippen LogP contribution in [0.1, 0.15) is 37.3 Å². The minimum absolute atomic E-state index is 0.235. The number of carbonyl (C=O) groups excluding carboxylic acids is 1. The molecule has 0 bridgehead atoms. The molecule has 1 aliphatic carbocycles. The lowest BCUT2D eigenvalue weighted by Crippen LogP contribution is -2.40. The number of carboxylic acid groups (broad SMARTS) is 1. The van der Waals surface area contributed by atoms with Crippen molar-refractivity contribution in [3.63, 3.8) is 0 Å². The normalized spacial score (nSPS) is 19.2. The molecule has 3 unspecified atom stereocenters. The fourth-order valence-electron chi connectivity index (χ4n) is 3.40. The largest absolute Gasteiger partial charge is 0.481 e. The molecule has 5 nitrogen and oxygen atoms in total. The summed E-state index contributed by atoms with van der Waals surface area (Å²) in [7, 11) is 1.26. The number of carboxylic acids is 1. The number of hydrogen-bond donors (Lipinski definition) is 1. The maximum Gasteiger partial charge on any atom is 0.335 e. The molecule has 0 amide bonds. The SMILES string of the molecule is CCCOC(C(=O)OC)C(CC1CCc2ccccc2C1)C(=O)O. The van der Waals surface area contributed by atoms with Crippen LogP contribution in [0.3, 0.4) is 0 Å². The molecule has 2 rings (SSSR count). The zero-order valence-corrected chi connectivity index (χ0v) is 14.4. The zero-order valence-electron chi connectivity index (χ0n) is 14.4. The van der Waals surface area contributed by atoms with Gasteiger partial charge in [-0.1, -0.05) is 31.2 Å². The first-order valence-electron chi connectivity index (χ1n) is 8.55. The Morgan fingerprint density at radius 1 is 1.29 bits per heavy atom. The predicted octanol–water partition coefficient (Wildman–Crippen LogP) is 2.85. The highest BCUT2D eigenvalue weighted by Gasteiger charge is 2.37. The second kappa shape index (κ2) is 8.83. The average molecular weight is 334 g/mol. The van der Waals surface area contributed by atoms with Gasteiger partial charge in [-0.15, -0.1) is 0 Å². The molecule has 0 saturated carbocycles. The summed E-state index contributed by atoms with van der Waals surface area (Å²) in [6, 6.07) is 8.27. The standard InChI is InChI=1S/C19H26O5/c1-3-10-24-17(19(22)23-2)16(18(20)21)12-13-8-9-14-6-4-5-7-15(14)11-13/h4-7,13,16-17H,3,8-12H2,1-2H3,(H,20,21). The van der Waals surface area contributed by atoms with Crippen molar-refractivity contribution in [1.29, 1.82) is 0 Å². The van der Waals surface area contributed by atoms with Crippen molar-refractivity contribution < 1.29 is 24.2 Å². The topological polar surface area (TPSA) is 72.8 Å². The third-order valence-electron chi connectivity index (χ3n) is 4.65. The summed E-state index contributed by atoms with van der Waals surface area (Å²) in [5.74, 6) is -2.25. The van der Waals surface area contributed by atoms with Crippen LogP contribution in [-0.2, 0) is 31.9 Å². The summed E-state index contributed by atoms with van der Waals surface area (Å²) in [4.78, 5) is 23.7. The van der Waals surface area contributed by atoms with Gasteiger partial charge in [0, 0.05) is 6.61 Å². The van der Waals surface area contributed by atoms with Gasteiger partial charge in [0.15, 0.2) is 6.10 Å². The Kier molecular flexibility index (Phi) is 6.79. The maximum atomic E-state index is 12.0. The van der Waals surface area contributed by atoms with Gasteiger partial charge in [-0.2, -0.15) is 0 Å². The quantitative estimate of drug-likeness (QED) is 0.740. The molecule has 0 saturated heterocycles. The van der Waals surface area contributed by atoms with Crippen LogP contribution in [0.25, 0.3) is 0 Å². The van der Waals surface area contributed by atoms with E-state index in [1.807, 2.05) is 19.1 Å². The molecule has 0 aliphatic heterocycles. The van der Waals surface area contributed by atoms with Crippen LogP contribution in [0.2, 0.25) is 0 Å². The monoisotopic (exact) mass is 334 g/mol. The fraction of sp³-hybridized carbons (Fsp3) is 0.579. The van der Waals surface area contributed by atoms with Gasteiger partial charge in [0.1, 0.15) is 0 Å². The molecule has 0 fully saturated rings. The van der Waals surface area contributed by atoms with Gasteiger partial charge >= 0.3 is 11.9 Å². The van der Waals surface area contributed by atoms with Crippen molar-refractivity contribution in [3.8, 4) is 0 Å². The van der Waals surface area contributed by atoms with Crippen molar-refractivity contribution in [2.75, 3.05) is 13.7 Å². The molecule has 24 heavy (non-hydrogen) atoms. The molecule has 3 atom stereocenters. The molecule has 0 aromatic heterocycles. The van der Waals surface area contributed by atoms with Crippen molar-refractivity contribution in [1.82, 2.24) is 0 Å². The van der Waals surface area contributed by atoms with E-state index in [0.717, 1.165) is 25.7 Å². The van der Waals surface area contributed by atoms with Crippen LogP contribution in [0, 0.1) is 11.8 Å². The summed E-state index contributed by atoms with van der Waals surface area (Å²) in [6.07, 6.45) is 2.84. The first-order valence-corrected chi connectivity index (χ1v) is 8.55. The summed E-state index contributed by atoms with van der Waals surface area (Å²) in [5, 5.41) is 9.63. The van der Waals surface area contributed by atoms with Crippen molar-refractivity contribution >= 4 is 11.9 Å². The molecule has 1 aliphatic rings. The van der Waals surface area contributed by atoms with Crippen LogP contribution >= 0.6 is 0 Å². The van der Waals surface area contributed by atoms with Crippen molar-refractivity contribution in [2.24, 2.45) is 11.8 Å². The number of aryl methyl sites for hydroxylation is 1. The third kappa shape index (κ3) is 4.57. The molecule has 0 spiro atoms. The van der Waals surface area contributed by atoms with E-state index in [0.29, 0.717) is 13.0 Å². The average Bonchev–Trinajstić information content (AvgIpc) is 2.60. The Hall–Kier alpha value is -1.88. The number of ether oxygens (including phenoxy) is 2. The van der Waals surface area contributed by atoms with Crippen LogP contribution in [0.5, 0.6) is 0 Å². The van der Waals surface area contributed by atoms with E-state index in [2.05, 4.69) is 12.1 Å². The minimum atomic E-state index is -1.04. The van der Waals surface area contributed by atoms with Gasteiger partial charge in [-0.05, 0) is 49.1 Å². The second-order valence-corrected chi connectivity index (χ2v) is 6.37. The molecule has 1 N–H and O–H groups in total. The van der Waals surface area contributed by atoms with Crippen LogP contribution in [-0.4, -0.2) is 36.9 Å². The maximum absolute atomic E-state index is 12.0. The van der Waals surface area contributed by atoms with Gasteiger partial charge in [0.05, 0.1) is 13.0 Å². The molecular weight excluding hydrogens is 308 g/mol. The minimum Gasteiger partial charge on any atom is -0.481 e. The Morgan fingerprint density at radius 3 is 2.62 bits per heavy atom. The first kappa shape index (κ1) is 18.5. The van der Waals surface area contributed by atoms with Gasteiger partial charge in [0.2, 0.25) is 0 Å². The van der Waals surface area contributed by atoms with Crippen LogP contribution in [0.4, 0.5) is 0 Å². The Labute approximate surface area is 143 Å². The number of hydrogen-bond acceptors (Lipinski definition) is 4. The smallest absolute Gasteiger partial charge is 0.335 e. The highest BCUT2D eigenvalue weighted by atomic mass is 16.6. The summed E-state index contributed by atoms with van der Waals surface area (Å²) in [5.41, 5.74) is 2.62. The number of esters is 1.